The van der Waals surface area contributed by atoms with E-state index in [-0.39, 0.29) is 18.1 Å². The van der Waals surface area contributed by atoms with E-state index >= 15 is 0 Å². The van der Waals surface area contributed by atoms with Crippen LogP contribution in [0, 0.1) is 0 Å². The van der Waals surface area contributed by atoms with Crippen molar-refractivity contribution in [2.24, 2.45) is 0 Å². The number of hydrogen-bond acceptors (Lipinski definition) is 3. The molecule has 0 aromatic heterocycles. The van der Waals surface area contributed by atoms with E-state index in [1.165, 1.54) is 0 Å². The third-order valence-corrected chi connectivity index (χ3v) is 3.28. The van der Waals surface area contributed by atoms with Gasteiger partial charge in [-0.2, -0.15) is 0 Å². The van der Waals surface area contributed by atoms with E-state index in [9.17, 15) is 4.79 Å². The van der Waals surface area contributed by atoms with Crippen molar-refractivity contribution in [3.8, 4) is 0 Å². The number of ether oxygens (including phenoxy) is 1. The normalized spacial score (nSPS) is 24.6. The van der Waals surface area contributed by atoms with Crippen LogP contribution in [0.15, 0.2) is 0 Å². The molecule has 1 aliphatic rings. The molecule has 0 aromatic rings. The van der Waals surface area contributed by atoms with Gasteiger partial charge in [0.2, 0.25) is 5.91 Å². The maximum atomic E-state index is 11.9. The molecule has 1 heterocycles. The highest BCUT2D eigenvalue weighted by Crippen LogP contribution is 2.16. The largest absolute Gasteiger partial charge is 0.385 e. The van der Waals surface area contributed by atoms with Crippen LogP contribution in [-0.2, 0) is 9.53 Å². The monoisotopic (exact) mass is 242 g/mol. The molecule has 0 aromatic carbocycles. The summed E-state index contributed by atoms with van der Waals surface area (Å²) >= 11 is 0. The number of amides is 1. The molecule has 0 radical (unpaired) electrons. The van der Waals surface area contributed by atoms with E-state index < -0.39 is 0 Å². The second-order valence-electron chi connectivity index (χ2n) is 4.78. The van der Waals surface area contributed by atoms with Crippen LogP contribution in [0.1, 0.15) is 46.0 Å². The van der Waals surface area contributed by atoms with Gasteiger partial charge in [-0.1, -0.05) is 13.3 Å². The smallest absolute Gasteiger partial charge is 0.240 e. The zero-order chi connectivity index (χ0) is 12.7. The Hall–Kier alpha value is -0.610. The van der Waals surface area contributed by atoms with Gasteiger partial charge in [0, 0.05) is 20.3 Å². The molecular formula is C13H26N2O2. The average molecular weight is 242 g/mol. The van der Waals surface area contributed by atoms with Gasteiger partial charge < -0.3 is 9.64 Å². The SMILES string of the molecule is CCCC1NC(C)C(=O)N1CCCCCOC. The first-order chi connectivity index (χ1) is 8.20. The van der Waals surface area contributed by atoms with E-state index in [4.69, 9.17) is 4.74 Å². The molecule has 0 aliphatic carbocycles. The Balaban J connectivity index is 2.30. The van der Waals surface area contributed by atoms with Gasteiger partial charge in [-0.25, -0.2) is 0 Å². The van der Waals surface area contributed by atoms with Crippen LogP contribution in [0.4, 0.5) is 0 Å². The van der Waals surface area contributed by atoms with Crippen LogP contribution in [0.2, 0.25) is 0 Å². The van der Waals surface area contributed by atoms with Gasteiger partial charge >= 0.3 is 0 Å². The molecule has 2 atom stereocenters. The Morgan fingerprint density at radius 1 is 1.35 bits per heavy atom. The quantitative estimate of drug-likeness (QED) is 0.659. The van der Waals surface area contributed by atoms with Crippen LogP contribution in [-0.4, -0.2) is 43.3 Å². The van der Waals surface area contributed by atoms with Crippen molar-refractivity contribution < 1.29 is 9.53 Å². The zero-order valence-corrected chi connectivity index (χ0v) is 11.4. The Kier molecular flexibility index (Phi) is 6.52. The van der Waals surface area contributed by atoms with Crippen molar-refractivity contribution in [3.63, 3.8) is 0 Å². The Morgan fingerprint density at radius 2 is 2.12 bits per heavy atom. The molecule has 100 valence electrons. The number of hydrogen-bond donors (Lipinski definition) is 1. The second-order valence-corrected chi connectivity index (χ2v) is 4.78. The van der Waals surface area contributed by atoms with Crippen molar-refractivity contribution in [3.05, 3.63) is 0 Å². The number of nitrogens with zero attached hydrogens (tertiary/aromatic N) is 1. The van der Waals surface area contributed by atoms with E-state index in [2.05, 4.69) is 12.2 Å². The fraction of sp³-hybridized carbons (Fsp3) is 0.923. The first-order valence-electron chi connectivity index (χ1n) is 6.76. The van der Waals surface area contributed by atoms with Crippen molar-refractivity contribution >= 4 is 5.91 Å². The third kappa shape index (κ3) is 4.28. The lowest BCUT2D eigenvalue weighted by molar-refractivity contribution is -0.129. The lowest BCUT2D eigenvalue weighted by Gasteiger charge is -2.23. The summed E-state index contributed by atoms with van der Waals surface area (Å²) < 4.78 is 5.02. The standard InChI is InChI=1S/C13H26N2O2/c1-4-8-12-14-11(2)13(16)15(12)9-6-5-7-10-17-3/h11-12,14H,4-10H2,1-3H3. The number of carbonyl (C=O) groups is 1. The summed E-state index contributed by atoms with van der Waals surface area (Å²) in [5, 5.41) is 3.36. The molecule has 0 bridgehead atoms. The van der Waals surface area contributed by atoms with E-state index in [0.717, 1.165) is 45.3 Å². The first-order valence-corrected chi connectivity index (χ1v) is 6.76. The van der Waals surface area contributed by atoms with Crippen molar-refractivity contribution in [1.82, 2.24) is 10.2 Å². The number of unbranched alkanes of at least 4 members (excludes halogenated alkanes) is 2. The summed E-state index contributed by atoms with van der Waals surface area (Å²) in [4.78, 5) is 14.0. The van der Waals surface area contributed by atoms with Crippen LogP contribution in [0.5, 0.6) is 0 Å². The van der Waals surface area contributed by atoms with Crippen LogP contribution >= 0.6 is 0 Å². The zero-order valence-electron chi connectivity index (χ0n) is 11.4. The number of methoxy groups -OCH3 is 1. The van der Waals surface area contributed by atoms with E-state index in [1.807, 2.05) is 11.8 Å². The molecule has 1 N–H and O–H groups in total. The summed E-state index contributed by atoms with van der Waals surface area (Å²) in [5.74, 6) is 0.259. The number of rotatable bonds is 8. The van der Waals surface area contributed by atoms with Gasteiger partial charge in [-0.15, -0.1) is 0 Å². The molecule has 1 saturated heterocycles. The van der Waals surface area contributed by atoms with Crippen molar-refractivity contribution in [1.29, 1.82) is 0 Å². The molecule has 1 rings (SSSR count). The minimum absolute atomic E-state index is 0.00877. The summed E-state index contributed by atoms with van der Waals surface area (Å²) in [7, 11) is 1.73. The molecule has 2 unspecified atom stereocenters. The minimum atomic E-state index is -0.00877. The maximum absolute atomic E-state index is 11.9. The predicted molar refractivity (Wildman–Crippen MR) is 68.7 cm³/mol. The van der Waals surface area contributed by atoms with Crippen LogP contribution in [0.25, 0.3) is 0 Å². The average Bonchev–Trinajstić information content (AvgIpc) is 2.57. The molecule has 4 heteroatoms. The number of nitrogens with one attached hydrogen (secondary N) is 1. The Morgan fingerprint density at radius 3 is 2.76 bits per heavy atom. The Bertz CT molecular complexity index is 233. The van der Waals surface area contributed by atoms with Crippen LogP contribution < -0.4 is 5.32 Å². The van der Waals surface area contributed by atoms with Gasteiger partial charge in [-0.3, -0.25) is 10.1 Å². The molecular weight excluding hydrogens is 216 g/mol. The molecule has 0 spiro atoms. The molecule has 0 saturated carbocycles. The topological polar surface area (TPSA) is 41.6 Å². The second kappa shape index (κ2) is 7.67. The summed E-state index contributed by atoms with van der Waals surface area (Å²) in [6.45, 7) is 5.81. The maximum Gasteiger partial charge on any atom is 0.240 e. The summed E-state index contributed by atoms with van der Waals surface area (Å²) in [5.41, 5.74) is 0. The van der Waals surface area contributed by atoms with E-state index in [0.29, 0.717) is 0 Å². The lowest BCUT2D eigenvalue weighted by atomic mass is 10.2. The number of carbonyl (C=O) groups excluding carboxylic acids is 1. The predicted octanol–water partition coefficient (Wildman–Crippen LogP) is 1.75. The van der Waals surface area contributed by atoms with E-state index in [1.54, 1.807) is 7.11 Å². The lowest BCUT2D eigenvalue weighted by Crippen LogP contribution is -2.37. The van der Waals surface area contributed by atoms with Gasteiger partial charge in [0.05, 0.1) is 12.2 Å². The minimum Gasteiger partial charge on any atom is -0.385 e. The molecule has 1 aliphatic heterocycles. The van der Waals surface area contributed by atoms with Crippen LogP contribution in [0.3, 0.4) is 0 Å². The van der Waals surface area contributed by atoms with Crippen molar-refractivity contribution in [2.45, 2.75) is 58.2 Å². The first kappa shape index (κ1) is 14.5. The highest BCUT2D eigenvalue weighted by molar-refractivity contribution is 5.83. The highest BCUT2D eigenvalue weighted by Gasteiger charge is 2.34. The van der Waals surface area contributed by atoms with Gasteiger partial charge in [-0.05, 0) is 32.6 Å². The van der Waals surface area contributed by atoms with Gasteiger partial charge in [0.25, 0.3) is 0 Å². The summed E-state index contributed by atoms with van der Waals surface area (Å²) in [6, 6.07) is -0.00877. The van der Waals surface area contributed by atoms with Gasteiger partial charge in [0.1, 0.15) is 0 Å². The fourth-order valence-corrected chi connectivity index (χ4v) is 2.34. The molecule has 17 heavy (non-hydrogen) atoms. The highest BCUT2D eigenvalue weighted by atomic mass is 16.5. The fourth-order valence-electron chi connectivity index (χ4n) is 2.34. The molecule has 1 amide bonds. The summed E-state index contributed by atoms with van der Waals surface area (Å²) in [6.07, 6.45) is 5.70. The van der Waals surface area contributed by atoms with Gasteiger partial charge in [0.15, 0.2) is 0 Å². The molecule has 1 fully saturated rings. The third-order valence-electron chi connectivity index (χ3n) is 3.28. The van der Waals surface area contributed by atoms with Crippen molar-refractivity contribution in [2.75, 3.05) is 20.3 Å². The Labute approximate surface area is 105 Å². The molecule has 4 nitrogen and oxygen atoms in total.